The van der Waals surface area contributed by atoms with Crippen LogP contribution in [0.25, 0.3) is 0 Å². The van der Waals surface area contributed by atoms with Gasteiger partial charge in [-0.15, -0.1) is 0 Å². The van der Waals surface area contributed by atoms with Gasteiger partial charge in [0.1, 0.15) is 5.82 Å². The maximum atomic E-state index is 13.3. The molecule has 1 fully saturated rings. The fourth-order valence-electron chi connectivity index (χ4n) is 2.71. The van der Waals surface area contributed by atoms with E-state index in [1.807, 2.05) is 0 Å². The van der Waals surface area contributed by atoms with Crippen molar-refractivity contribution < 1.29 is 22.3 Å². The van der Waals surface area contributed by atoms with Crippen molar-refractivity contribution in [2.45, 2.75) is 11.8 Å². The van der Waals surface area contributed by atoms with Gasteiger partial charge in [-0.3, -0.25) is 4.79 Å². The molecule has 138 valence electrons. The first-order chi connectivity index (χ1) is 12.4. The lowest BCUT2D eigenvalue weighted by Crippen LogP contribution is -2.40. The molecule has 0 spiro atoms. The van der Waals surface area contributed by atoms with Gasteiger partial charge in [0, 0.05) is 24.3 Å². The van der Waals surface area contributed by atoms with Crippen molar-refractivity contribution in [3.05, 3.63) is 59.4 Å². The van der Waals surface area contributed by atoms with E-state index in [0.29, 0.717) is 24.5 Å². The summed E-state index contributed by atoms with van der Waals surface area (Å²) in [6, 6.07) is 9.95. The predicted octanol–water partition coefficient (Wildman–Crippen LogP) is 2.41. The molecule has 1 aliphatic heterocycles. The lowest BCUT2D eigenvalue weighted by atomic mass is 10.1. The molecule has 3 rings (SSSR count). The molecule has 0 bridgehead atoms. The van der Waals surface area contributed by atoms with Crippen LogP contribution in [0.1, 0.15) is 15.9 Å². The number of ether oxygens (including phenoxy) is 1. The van der Waals surface area contributed by atoms with Crippen LogP contribution in [0.4, 0.5) is 10.1 Å². The molecular weight excluding hydrogens is 359 g/mol. The fraction of sp³-hybridized carbons (Fsp3) is 0.278. The van der Waals surface area contributed by atoms with E-state index in [4.69, 9.17) is 4.74 Å². The molecule has 0 saturated carbocycles. The highest BCUT2D eigenvalue weighted by molar-refractivity contribution is 7.89. The lowest BCUT2D eigenvalue weighted by Gasteiger charge is -2.26. The minimum atomic E-state index is -3.70. The minimum absolute atomic E-state index is 0.0504. The lowest BCUT2D eigenvalue weighted by molar-refractivity contribution is 0.0730. The van der Waals surface area contributed by atoms with Crippen molar-refractivity contribution in [2.75, 3.05) is 31.6 Å². The first kappa shape index (κ1) is 18.5. The van der Waals surface area contributed by atoms with Crippen LogP contribution >= 0.6 is 0 Å². The number of anilines is 1. The van der Waals surface area contributed by atoms with E-state index < -0.39 is 21.7 Å². The second-order valence-corrected chi connectivity index (χ2v) is 7.90. The van der Waals surface area contributed by atoms with Gasteiger partial charge in [0.15, 0.2) is 0 Å². The Balaban J connectivity index is 1.88. The Bertz CT molecular complexity index is 925. The van der Waals surface area contributed by atoms with E-state index in [9.17, 15) is 17.6 Å². The minimum Gasteiger partial charge on any atom is -0.379 e. The van der Waals surface area contributed by atoms with E-state index >= 15 is 0 Å². The number of rotatable bonds is 4. The van der Waals surface area contributed by atoms with Crippen LogP contribution in [0.15, 0.2) is 47.4 Å². The van der Waals surface area contributed by atoms with Crippen LogP contribution in [0.5, 0.6) is 0 Å². The Kier molecular flexibility index (Phi) is 5.36. The van der Waals surface area contributed by atoms with Crippen LogP contribution < -0.4 is 5.32 Å². The van der Waals surface area contributed by atoms with Crippen molar-refractivity contribution in [2.24, 2.45) is 0 Å². The highest BCUT2D eigenvalue weighted by Gasteiger charge is 2.27. The molecular formula is C18H19FN2O4S. The summed E-state index contributed by atoms with van der Waals surface area (Å²) in [5, 5.41) is 2.59. The van der Waals surface area contributed by atoms with Crippen LogP contribution in [-0.4, -0.2) is 44.9 Å². The molecule has 0 unspecified atom stereocenters. The predicted molar refractivity (Wildman–Crippen MR) is 95.1 cm³/mol. The topological polar surface area (TPSA) is 75.7 Å². The van der Waals surface area contributed by atoms with Gasteiger partial charge in [-0.25, -0.2) is 12.8 Å². The zero-order valence-corrected chi connectivity index (χ0v) is 15.1. The Hall–Kier alpha value is -2.29. The zero-order chi connectivity index (χ0) is 18.7. The number of carbonyl (C=O) groups is 1. The quantitative estimate of drug-likeness (QED) is 0.887. The first-order valence-electron chi connectivity index (χ1n) is 8.13. The summed E-state index contributed by atoms with van der Waals surface area (Å²) in [5.41, 5.74) is 1.15. The first-order valence-corrected chi connectivity index (χ1v) is 9.57. The number of hydrogen-bond acceptors (Lipinski definition) is 4. The molecule has 1 heterocycles. The van der Waals surface area contributed by atoms with E-state index in [0.717, 1.165) is 0 Å². The number of benzene rings is 2. The SMILES string of the molecule is Cc1ccc(S(=O)(=O)N2CCOCC2)cc1C(=O)Nc1cccc(F)c1. The number of morpholine rings is 1. The summed E-state index contributed by atoms with van der Waals surface area (Å²) in [4.78, 5) is 12.6. The van der Waals surface area contributed by atoms with Gasteiger partial charge in [-0.1, -0.05) is 12.1 Å². The molecule has 6 nitrogen and oxygen atoms in total. The molecule has 0 radical (unpaired) electrons. The number of halogens is 1. The van der Waals surface area contributed by atoms with E-state index in [1.54, 1.807) is 19.1 Å². The van der Waals surface area contributed by atoms with Gasteiger partial charge in [0.25, 0.3) is 5.91 Å². The van der Waals surface area contributed by atoms with Crippen LogP contribution in [0.2, 0.25) is 0 Å². The van der Waals surface area contributed by atoms with Crippen LogP contribution in [0.3, 0.4) is 0 Å². The second kappa shape index (κ2) is 7.53. The highest BCUT2D eigenvalue weighted by Crippen LogP contribution is 2.21. The van der Waals surface area contributed by atoms with E-state index in [-0.39, 0.29) is 23.5 Å². The third kappa shape index (κ3) is 3.92. The Labute approximate surface area is 151 Å². The van der Waals surface area contributed by atoms with Gasteiger partial charge in [0.05, 0.1) is 18.1 Å². The molecule has 1 amide bonds. The Morgan fingerprint density at radius 3 is 2.58 bits per heavy atom. The average molecular weight is 378 g/mol. The monoisotopic (exact) mass is 378 g/mol. The number of aryl methyl sites for hydroxylation is 1. The Morgan fingerprint density at radius 2 is 1.88 bits per heavy atom. The molecule has 0 aliphatic carbocycles. The molecule has 2 aromatic rings. The largest absolute Gasteiger partial charge is 0.379 e. The van der Waals surface area contributed by atoms with Crippen LogP contribution in [-0.2, 0) is 14.8 Å². The van der Waals surface area contributed by atoms with Crippen molar-refractivity contribution >= 4 is 21.6 Å². The highest BCUT2D eigenvalue weighted by atomic mass is 32.2. The smallest absolute Gasteiger partial charge is 0.255 e. The van der Waals surface area contributed by atoms with E-state index in [1.165, 1.54) is 34.6 Å². The molecule has 1 N–H and O–H groups in total. The zero-order valence-electron chi connectivity index (χ0n) is 14.2. The standard InChI is InChI=1S/C18H19FN2O4S/c1-13-5-6-16(26(23,24)21-7-9-25-10-8-21)12-17(13)18(22)20-15-4-2-3-14(19)11-15/h2-6,11-12H,7-10H2,1H3,(H,20,22). The number of sulfonamides is 1. The average Bonchev–Trinajstić information content (AvgIpc) is 2.62. The van der Waals surface area contributed by atoms with E-state index in [2.05, 4.69) is 5.32 Å². The van der Waals surface area contributed by atoms with Crippen molar-refractivity contribution in [3.63, 3.8) is 0 Å². The maximum absolute atomic E-state index is 13.3. The third-order valence-electron chi connectivity index (χ3n) is 4.14. The summed E-state index contributed by atoms with van der Waals surface area (Å²) in [6.07, 6.45) is 0. The summed E-state index contributed by atoms with van der Waals surface area (Å²) >= 11 is 0. The van der Waals surface area contributed by atoms with Gasteiger partial charge >= 0.3 is 0 Å². The summed E-state index contributed by atoms with van der Waals surface area (Å²) in [5.74, 6) is -0.963. The second-order valence-electron chi connectivity index (χ2n) is 5.96. The molecule has 26 heavy (non-hydrogen) atoms. The summed E-state index contributed by atoms with van der Waals surface area (Å²) in [7, 11) is -3.70. The fourth-order valence-corrected chi connectivity index (χ4v) is 4.14. The van der Waals surface area contributed by atoms with Gasteiger partial charge in [-0.05, 0) is 42.8 Å². The Morgan fingerprint density at radius 1 is 1.15 bits per heavy atom. The normalized spacial score (nSPS) is 15.6. The summed E-state index contributed by atoms with van der Waals surface area (Å²) in [6.45, 7) is 2.96. The van der Waals surface area contributed by atoms with Crippen molar-refractivity contribution in [1.82, 2.24) is 4.31 Å². The molecule has 1 saturated heterocycles. The molecule has 0 aromatic heterocycles. The number of nitrogens with one attached hydrogen (secondary N) is 1. The summed E-state index contributed by atoms with van der Waals surface area (Å²) < 4.78 is 45.3. The van der Waals surface area contributed by atoms with Gasteiger partial charge in [-0.2, -0.15) is 4.31 Å². The number of nitrogens with zero attached hydrogens (tertiary/aromatic N) is 1. The maximum Gasteiger partial charge on any atom is 0.255 e. The number of carbonyl (C=O) groups excluding carboxylic acids is 1. The van der Waals surface area contributed by atoms with Crippen LogP contribution in [0, 0.1) is 12.7 Å². The van der Waals surface area contributed by atoms with Crippen molar-refractivity contribution in [3.8, 4) is 0 Å². The number of amides is 1. The number of hydrogen-bond donors (Lipinski definition) is 1. The molecule has 8 heteroatoms. The van der Waals surface area contributed by atoms with Crippen molar-refractivity contribution in [1.29, 1.82) is 0 Å². The van der Waals surface area contributed by atoms with Gasteiger partial charge in [0.2, 0.25) is 10.0 Å². The molecule has 0 atom stereocenters. The third-order valence-corrected chi connectivity index (χ3v) is 6.04. The van der Waals surface area contributed by atoms with Gasteiger partial charge < -0.3 is 10.1 Å². The molecule has 1 aliphatic rings. The molecule has 2 aromatic carbocycles.